The van der Waals surface area contributed by atoms with E-state index < -0.39 is 0 Å². The Hall–Kier alpha value is -2.73. The molecule has 0 atom stereocenters. The Morgan fingerprint density at radius 1 is 0.962 bits per heavy atom. The lowest BCUT2D eigenvalue weighted by Crippen LogP contribution is -2.44. The molecule has 3 aromatic rings. The van der Waals surface area contributed by atoms with E-state index in [2.05, 4.69) is 45.0 Å². The van der Waals surface area contributed by atoms with Crippen LogP contribution in [0.3, 0.4) is 0 Å². The van der Waals surface area contributed by atoms with E-state index in [4.69, 9.17) is 9.47 Å². The first kappa shape index (κ1) is 16.7. The molecule has 2 aromatic heterocycles. The largest absolute Gasteiger partial charge is 0.494 e. The molecule has 1 fully saturated rings. The minimum absolute atomic E-state index is 0.832. The second-order valence-electron chi connectivity index (χ2n) is 6.66. The van der Waals surface area contributed by atoms with Crippen molar-refractivity contribution in [3.8, 4) is 22.6 Å². The second kappa shape index (κ2) is 6.88. The van der Waals surface area contributed by atoms with Crippen LogP contribution >= 0.6 is 0 Å². The highest BCUT2D eigenvalue weighted by Crippen LogP contribution is 2.42. The van der Waals surface area contributed by atoms with Gasteiger partial charge in [-0.1, -0.05) is 0 Å². The van der Waals surface area contributed by atoms with Crippen molar-refractivity contribution in [2.45, 2.75) is 0 Å². The normalized spacial score (nSPS) is 15.4. The van der Waals surface area contributed by atoms with Gasteiger partial charge in [-0.3, -0.25) is 0 Å². The van der Waals surface area contributed by atoms with E-state index in [1.165, 1.54) is 0 Å². The maximum absolute atomic E-state index is 5.74. The molecule has 1 aliphatic heterocycles. The molecule has 4 rings (SSSR count). The number of fused-ring (bicyclic) bond motifs is 1. The summed E-state index contributed by atoms with van der Waals surface area (Å²) in [4.78, 5) is 12.3. The number of hydrogen-bond acceptors (Lipinski definition) is 5. The molecule has 3 heterocycles. The Bertz CT molecular complexity index is 888. The van der Waals surface area contributed by atoms with Crippen molar-refractivity contribution in [3.63, 3.8) is 0 Å². The highest BCUT2D eigenvalue weighted by atomic mass is 16.5. The first-order valence-electron chi connectivity index (χ1n) is 8.82. The summed E-state index contributed by atoms with van der Waals surface area (Å²) < 4.78 is 11.5. The molecule has 0 unspecified atom stereocenters. The van der Waals surface area contributed by atoms with Crippen molar-refractivity contribution in [2.75, 3.05) is 52.3 Å². The lowest BCUT2D eigenvalue weighted by molar-refractivity contribution is 0.308. The van der Waals surface area contributed by atoms with Gasteiger partial charge in [0.2, 0.25) is 0 Å². The standard InChI is InChI=1S/C20H24N4O2/c1-23-6-8-24(9-7-23)19-17(25-2)11-15(12-18(19)26-3)16-10-14-4-5-21-20(14)22-13-16/h4-5,10-13H,6-9H2,1-3H3,(H,21,22). The fourth-order valence-electron chi connectivity index (χ4n) is 3.50. The van der Waals surface area contributed by atoms with E-state index in [1.807, 2.05) is 18.5 Å². The minimum Gasteiger partial charge on any atom is -0.494 e. The van der Waals surface area contributed by atoms with Crippen molar-refractivity contribution in [1.82, 2.24) is 14.9 Å². The van der Waals surface area contributed by atoms with Gasteiger partial charge in [-0.2, -0.15) is 0 Å². The number of aromatic amines is 1. The van der Waals surface area contributed by atoms with Crippen LogP contribution in [0.4, 0.5) is 5.69 Å². The molecule has 0 aliphatic carbocycles. The van der Waals surface area contributed by atoms with E-state index in [-0.39, 0.29) is 0 Å². The summed E-state index contributed by atoms with van der Waals surface area (Å²) in [5.74, 6) is 1.66. The van der Waals surface area contributed by atoms with Gasteiger partial charge in [-0.15, -0.1) is 0 Å². The molecule has 6 heteroatoms. The summed E-state index contributed by atoms with van der Waals surface area (Å²) in [7, 11) is 5.58. The number of methoxy groups -OCH3 is 2. The third-order valence-electron chi connectivity index (χ3n) is 5.03. The molecule has 0 spiro atoms. The molecule has 0 radical (unpaired) electrons. The molecule has 1 aliphatic rings. The van der Waals surface area contributed by atoms with Gasteiger partial charge in [-0.05, 0) is 36.9 Å². The van der Waals surface area contributed by atoms with Crippen LogP contribution < -0.4 is 14.4 Å². The second-order valence-corrected chi connectivity index (χ2v) is 6.66. The van der Waals surface area contributed by atoms with Crippen LogP contribution in [0, 0.1) is 0 Å². The number of nitrogens with zero attached hydrogens (tertiary/aromatic N) is 3. The third kappa shape index (κ3) is 2.97. The molecular formula is C20H24N4O2. The lowest BCUT2D eigenvalue weighted by atomic mass is 10.0. The predicted octanol–water partition coefficient (Wildman–Crippen LogP) is 3.00. The molecule has 0 saturated carbocycles. The van der Waals surface area contributed by atoms with Crippen molar-refractivity contribution in [1.29, 1.82) is 0 Å². The number of benzene rings is 1. The Morgan fingerprint density at radius 3 is 2.31 bits per heavy atom. The highest BCUT2D eigenvalue weighted by molar-refractivity contribution is 5.84. The van der Waals surface area contributed by atoms with Crippen molar-refractivity contribution in [3.05, 3.63) is 36.7 Å². The molecular weight excluding hydrogens is 328 g/mol. The summed E-state index contributed by atoms with van der Waals surface area (Å²) in [5, 5.41) is 1.09. The van der Waals surface area contributed by atoms with E-state index >= 15 is 0 Å². The van der Waals surface area contributed by atoms with Crippen LogP contribution in [-0.2, 0) is 0 Å². The minimum atomic E-state index is 0.832. The van der Waals surface area contributed by atoms with Crippen LogP contribution in [-0.4, -0.2) is 62.3 Å². The molecule has 6 nitrogen and oxygen atoms in total. The highest BCUT2D eigenvalue weighted by Gasteiger charge is 2.23. The number of hydrogen-bond donors (Lipinski definition) is 1. The zero-order valence-corrected chi connectivity index (χ0v) is 15.5. The number of nitrogens with one attached hydrogen (secondary N) is 1. The predicted molar refractivity (Wildman–Crippen MR) is 104 cm³/mol. The molecule has 26 heavy (non-hydrogen) atoms. The van der Waals surface area contributed by atoms with Gasteiger partial charge in [0.25, 0.3) is 0 Å². The maximum Gasteiger partial charge on any atom is 0.146 e. The van der Waals surface area contributed by atoms with E-state index in [0.29, 0.717) is 0 Å². The average Bonchev–Trinajstić information content (AvgIpc) is 3.15. The van der Waals surface area contributed by atoms with Crippen molar-refractivity contribution >= 4 is 16.7 Å². The van der Waals surface area contributed by atoms with Gasteiger partial charge in [0.15, 0.2) is 0 Å². The number of H-pyrrole nitrogens is 1. The molecule has 136 valence electrons. The number of aromatic nitrogens is 2. The summed E-state index contributed by atoms with van der Waals surface area (Å²) >= 11 is 0. The summed E-state index contributed by atoms with van der Waals surface area (Å²) in [5.41, 5.74) is 4.00. The number of likely N-dealkylation sites (N-methyl/N-ethyl adjacent to an activating group) is 1. The molecule has 1 N–H and O–H groups in total. The maximum atomic E-state index is 5.74. The quantitative estimate of drug-likeness (QED) is 0.782. The van der Waals surface area contributed by atoms with Crippen molar-refractivity contribution in [2.24, 2.45) is 0 Å². The van der Waals surface area contributed by atoms with Crippen molar-refractivity contribution < 1.29 is 9.47 Å². The fraction of sp³-hybridized carbons (Fsp3) is 0.350. The van der Waals surface area contributed by atoms with Crippen LogP contribution in [0.5, 0.6) is 11.5 Å². The monoisotopic (exact) mass is 352 g/mol. The number of rotatable bonds is 4. The number of piperazine rings is 1. The summed E-state index contributed by atoms with van der Waals surface area (Å²) in [6.07, 6.45) is 3.78. The number of ether oxygens (including phenoxy) is 2. The van der Waals surface area contributed by atoms with Gasteiger partial charge in [0.05, 0.1) is 14.2 Å². The number of pyridine rings is 1. The Kier molecular flexibility index (Phi) is 4.42. The number of anilines is 1. The van der Waals surface area contributed by atoms with Crippen LogP contribution in [0.1, 0.15) is 0 Å². The third-order valence-corrected chi connectivity index (χ3v) is 5.03. The molecule has 1 aromatic carbocycles. The van der Waals surface area contributed by atoms with E-state index in [0.717, 1.165) is 65.5 Å². The molecule has 0 amide bonds. The first-order valence-corrected chi connectivity index (χ1v) is 8.82. The first-order chi connectivity index (χ1) is 12.7. The summed E-state index contributed by atoms with van der Waals surface area (Å²) in [6, 6.07) is 8.30. The molecule has 1 saturated heterocycles. The SMILES string of the molecule is COc1cc(-c2cnc3[nH]ccc3c2)cc(OC)c1N1CCN(C)CC1. The van der Waals surface area contributed by atoms with Gasteiger partial charge in [-0.25, -0.2) is 4.98 Å². The van der Waals surface area contributed by atoms with Gasteiger partial charge in [0.1, 0.15) is 22.8 Å². The Balaban J connectivity index is 1.77. The zero-order chi connectivity index (χ0) is 18.1. The Morgan fingerprint density at radius 2 is 1.65 bits per heavy atom. The van der Waals surface area contributed by atoms with Crippen LogP contribution in [0.2, 0.25) is 0 Å². The van der Waals surface area contributed by atoms with Crippen LogP contribution in [0.25, 0.3) is 22.2 Å². The molecule has 0 bridgehead atoms. The summed E-state index contributed by atoms with van der Waals surface area (Å²) in [6.45, 7) is 3.98. The zero-order valence-electron chi connectivity index (χ0n) is 15.5. The average molecular weight is 352 g/mol. The fourth-order valence-corrected chi connectivity index (χ4v) is 3.50. The van der Waals surface area contributed by atoms with E-state index in [1.54, 1.807) is 14.2 Å². The smallest absolute Gasteiger partial charge is 0.146 e. The lowest BCUT2D eigenvalue weighted by Gasteiger charge is -2.35. The van der Waals surface area contributed by atoms with Gasteiger partial charge in [0, 0.05) is 49.5 Å². The van der Waals surface area contributed by atoms with Gasteiger partial charge < -0.3 is 24.3 Å². The van der Waals surface area contributed by atoms with Gasteiger partial charge >= 0.3 is 0 Å². The topological polar surface area (TPSA) is 53.6 Å². The van der Waals surface area contributed by atoms with Crippen LogP contribution in [0.15, 0.2) is 36.7 Å². The Labute approximate surface area is 153 Å². The van der Waals surface area contributed by atoms with E-state index in [9.17, 15) is 0 Å².